The summed E-state index contributed by atoms with van der Waals surface area (Å²) in [6, 6.07) is 21.5. The predicted octanol–water partition coefficient (Wildman–Crippen LogP) is 5.45. The number of nitrogens with zero attached hydrogens (tertiary/aromatic N) is 1. The molecule has 2 aromatic carbocycles. The molecule has 3 aromatic rings. The molecule has 0 spiro atoms. The zero-order valence-electron chi connectivity index (χ0n) is 27.0. The molecular formula is C34H45FN2O5Si2. The molecule has 1 aliphatic heterocycles. The van der Waals surface area contributed by atoms with E-state index in [4.69, 9.17) is 13.6 Å². The van der Waals surface area contributed by atoms with Gasteiger partial charge in [-0.25, -0.2) is 9.18 Å². The summed E-state index contributed by atoms with van der Waals surface area (Å²) in [6.45, 7) is 20.6. The van der Waals surface area contributed by atoms with Crippen molar-refractivity contribution in [2.24, 2.45) is 0 Å². The molecule has 1 fully saturated rings. The molecule has 0 amide bonds. The maximum Gasteiger partial charge on any atom is 0.330 e. The van der Waals surface area contributed by atoms with Crippen molar-refractivity contribution in [1.29, 1.82) is 0 Å². The van der Waals surface area contributed by atoms with Gasteiger partial charge in [-0.05, 0) is 39.6 Å². The fraction of sp³-hybridized carbons (Fsp3) is 0.441. The molecule has 1 N–H and O–H groups in total. The highest BCUT2D eigenvalue weighted by molar-refractivity contribution is 6.99. The van der Waals surface area contributed by atoms with E-state index in [9.17, 15) is 9.59 Å². The van der Waals surface area contributed by atoms with Crippen molar-refractivity contribution >= 4 is 27.0 Å². The van der Waals surface area contributed by atoms with Gasteiger partial charge in [-0.15, -0.1) is 5.73 Å². The lowest BCUT2D eigenvalue weighted by atomic mass is 9.96. The Bertz CT molecular complexity index is 1570. The third kappa shape index (κ3) is 6.20. The van der Waals surface area contributed by atoms with Crippen LogP contribution in [0.15, 0.2) is 101 Å². The smallest absolute Gasteiger partial charge is 0.330 e. The summed E-state index contributed by atoms with van der Waals surface area (Å²) in [5.41, 5.74) is -0.0191. The average Bonchev–Trinajstić information content (AvgIpc) is 3.19. The van der Waals surface area contributed by atoms with Gasteiger partial charge in [0, 0.05) is 12.3 Å². The molecule has 0 unspecified atom stereocenters. The minimum Gasteiger partial charge on any atom is -0.407 e. The van der Waals surface area contributed by atoms with E-state index in [1.165, 1.54) is 12.3 Å². The third-order valence-corrected chi connectivity index (χ3v) is 18.5. The Morgan fingerprint density at radius 1 is 0.977 bits per heavy atom. The summed E-state index contributed by atoms with van der Waals surface area (Å²) in [4.78, 5) is 26.9. The number of aromatic nitrogens is 2. The first kappa shape index (κ1) is 33.8. The lowest BCUT2D eigenvalue weighted by molar-refractivity contribution is -0.0930. The largest absolute Gasteiger partial charge is 0.407 e. The third-order valence-electron chi connectivity index (χ3n) is 9.01. The Morgan fingerprint density at radius 3 is 1.98 bits per heavy atom. The molecule has 1 aromatic heterocycles. The first-order valence-electron chi connectivity index (χ1n) is 14.9. The first-order valence-corrected chi connectivity index (χ1v) is 19.7. The van der Waals surface area contributed by atoms with Gasteiger partial charge in [0.05, 0.1) is 6.61 Å². The second-order valence-corrected chi connectivity index (χ2v) is 23.1. The van der Waals surface area contributed by atoms with Crippen molar-refractivity contribution in [3.63, 3.8) is 0 Å². The van der Waals surface area contributed by atoms with Crippen LogP contribution in [0.25, 0.3) is 0 Å². The lowest BCUT2D eigenvalue weighted by Crippen LogP contribution is -2.68. The maximum absolute atomic E-state index is 16.9. The minimum absolute atomic E-state index is 0.0862. The molecule has 44 heavy (non-hydrogen) atoms. The van der Waals surface area contributed by atoms with Crippen molar-refractivity contribution in [3.8, 4) is 0 Å². The number of nitrogens with one attached hydrogen (secondary N) is 1. The van der Waals surface area contributed by atoms with Gasteiger partial charge in [0.1, 0.15) is 11.7 Å². The van der Waals surface area contributed by atoms with Gasteiger partial charge in [-0.2, -0.15) is 0 Å². The van der Waals surface area contributed by atoms with Crippen LogP contribution in [0.5, 0.6) is 0 Å². The molecule has 0 saturated carbocycles. The van der Waals surface area contributed by atoms with Crippen LogP contribution >= 0.6 is 0 Å². The molecular weight excluding hydrogens is 592 g/mol. The fourth-order valence-corrected chi connectivity index (χ4v) is 11.6. The van der Waals surface area contributed by atoms with Gasteiger partial charge < -0.3 is 13.6 Å². The number of H-pyrrole nitrogens is 1. The average molecular weight is 637 g/mol. The van der Waals surface area contributed by atoms with Crippen LogP contribution < -0.4 is 21.6 Å². The number of hydrogen-bond acceptors (Lipinski definition) is 5. The Labute approximate surface area is 261 Å². The van der Waals surface area contributed by atoms with E-state index in [1.807, 2.05) is 49.5 Å². The number of hydrogen-bond donors (Lipinski definition) is 1. The molecule has 0 radical (unpaired) electrons. The van der Waals surface area contributed by atoms with Gasteiger partial charge in [0.15, 0.2) is 20.7 Å². The SMILES string of the molecule is C=C=C[C@]1(CO[Si](c2ccccc2)(c2ccccc2)C(C)(C)C)O[C@@H](n2ccc(=O)[nH]c2=O)[C@H](F)[C@@H]1O[Si](C)(C)C(C)(C)C. The van der Waals surface area contributed by atoms with Crippen LogP contribution in [0.4, 0.5) is 4.39 Å². The van der Waals surface area contributed by atoms with E-state index in [0.29, 0.717) is 0 Å². The summed E-state index contributed by atoms with van der Waals surface area (Å²) in [5, 5.41) is 1.51. The summed E-state index contributed by atoms with van der Waals surface area (Å²) in [7, 11) is -5.69. The number of ether oxygens (including phenoxy) is 1. The van der Waals surface area contributed by atoms with Crippen LogP contribution in [0.3, 0.4) is 0 Å². The fourth-order valence-electron chi connectivity index (χ4n) is 5.70. The van der Waals surface area contributed by atoms with Crippen molar-refractivity contribution in [3.05, 3.63) is 112 Å². The van der Waals surface area contributed by atoms with Crippen molar-refractivity contribution in [1.82, 2.24) is 9.55 Å². The van der Waals surface area contributed by atoms with Gasteiger partial charge >= 0.3 is 5.69 Å². The van der Waals surface area contributed by atoms with E-state index >= 15 is 4.39 Å². The van der Waals surface area contributed by atoms with Crippen molar-refractivity contribution in [2.45, 2.75) is 88.8 Å². The molecule has 0 bridgehead atoms. The number of benzene rings is 2. The monoisotopic (exact) mass is 636 g/mol. The van der Waals surface area contributed by atoms with Crippen molar-refractivity contribution < 1.29 is 18.0 Å². The summed E-state index contributed by atoms with van der Waals surface area (Å²) in [6.07, 6.45) is -1.49. The molecule has 4 rings (SSSR count). The summed E-state index contributed by atoms with van der Waals surface area (Å²) >= 11 is 0. The van der Waals surface area contributed by atoms with Gasteiger partial charge in [0.2, 0.25) is 0 Å². The molecule has 4 atom stereocenters. The standard InChI is InChI=1S/C34H45FN2O5Si2/c1-10-22-34(24-40-44(33(5,6)7,25-17-13-11-14-18-25)26-19-15-12-16-20-26)29(42-43(8,9)32(2,3)4)28(35)30(41-34)37-23-21-27(38)36-31(37)39/h11-23,28-30H,1,24H2,2-9H3,(H,36,38,39)/t28-,29+,30-,34-/m1/s1. The van der Waals surface area contributed by atoms with Crippen LogP contribution in [0, 0.1) is 0 Å². The Morgan fingerprint density at radius 2 is 1.52 bits per heavy atom. The van der Waals surface area contributed by atoms with Gasteiger partial charge in [-0.1, -0.05) is 109 Å². The quantitative estimate of drug-likeness (QED) is 0.250. The van der Waals surface area contributed by atoms with Crippen LogP contribution in [-0.2, 0) is 13.6 Å². The molecule has 236 valence electrons. The highest BCUT2D eigenvalue weighted by Gasteiger charge is 2.61. The van der Waals surface area contributed by atoms with Gasteiger partial charge in [0.25, 0.3) is 13.9 Å². The predicted molar refractivity (Wildman–Crippen MR) is 178 cm³/mol. The second kappa shape index (κ2) is 12.3. The van der Waals surface area contributed by atoms with E-state index in [-0.39, 0.29) is 16.7 Å². The van der Waals surface area contributed by atoms with Crippen molar-refractivity contribution in [2.75, 3.05) is 6.61 Å². The number of rotatable bonds is 9. The van der Waals surface area contributed by atoms with Gasteiger partial charge in [-0.3, -0.25) is 14.3 Å². The first-order chi connectivity index (χ1) is 20.5. The zero-order valence-corrected chi connectivity index (χ0v) is 29.0. The van der Waals surface area contributed by atoms with Crippen LogP contribution in [0.1, 0.15) is 47.8 Å². The van der Waals surface area contributed by atoms with Crippen LogP contribution in [-0.4, -0.2) is 50.7 Å². The Hall–Kier alpha value is -3.12. The molecule has 1 aliphatic rings. The molecule has 2 heterocycles. The Kier molecular flexibility index (Phi) is 9.48. The lowest BCUT2D eigenvalue weighted by Gasteiger charge is -2.46. The van der Waals surface area contributed by atoms with E-state index in [1.54, 1.807) is 6.08 Å². The van der Waals surface area contributed by atoms with E-state index in [0.717, 1.165) is 14.9 Å². The molecule has 7 nitrogen and oxygen atoms in total. The van der Waals surface area contributed by atoms with E-state index in [2.05, 4.69) is 83.1 Å². The molecule has 10 heteroatoms. The summed E-state index contributed by atoms with van der Waals surface area (Å²) < 4.78 is 38.6. The number of alkyl halides is 1. The molecule has 1 saturated heterocycles. The van der Waals surface area contributed by atoms with E-state index < -0.39 is 52.0 Å². The number of halogens is 1. The second-order valence-electron chi connectivity index (χ2n) is 14.0. The molecule has 0 aliphatic carbocycles. The number of aromatic amines is 1. The highest BCUT2D eigenvalue weighted by Crippen LogP contribution is 2.47. The summed E-state index contributed by atoms with van der Waals surface area (Å²) in [5.74, 6) is 0. The maximum atomic E-state index is 16.9. The zero-order chi connectivity index (χ0) is 32.6. The topological polar surface area (TPSA) is 82.5 Å². The van der Waals surface area contributed by atoms with Crippen LogP contribution in [0.2, 0.25) is 23.2 Å². The highest BCUT2D eigenvalue weighted by atomic mass is 28.4. The Balaban J connectivity index is 1.92. The normalized spacial score (nSPS) is 22.9. The minimum atomic E-state index is -3.09.